The average Bonchev–Trinajstić information content (AvgIpc) is 3.21. The van der Waals surface area contributed by atoms with E-state index in [4.69, 9.17) is 21.4 Å². The van der Waals surface area contributed by atoms with Gasteiger partial charge in [0.2, 0.25) is 0 Å². The summed E-state index contributed by atoms with van der Waals surface area (Å²) in [6.45, 7) is 0. The Morgan fingerprint density at radius 2 is 1.73 bits per heavy atom. The maximum Gasteiger partial charge on any atom is 0.276 e. The minimum absolute atomic E-state index is 0.222. The van der Waals surface area contributed by atoms with E-state index in [1.54, 1.807) is 0 Å². The number of methoxy groups -OCH3 is 1. The summed E-state index contributed by atoms with van der Waals surface area (Å²) in [4.78, 5) is 13.5. The van der Waals surface area contributed by atoms with E-state index in [1.165, 1.54) is 12.1 Å². The quantitative estimate of drug-likeness (QED) is 0.435. The average molecular weight is 484 g/mol. The van der Waals surface area contributed by atoms with Crippen molar-refractivity contribution >= 4 is 39.1 Å². The largest absolute Gasteiger partial charge is 0.367 e. The van der Waals surface area contributed by atoms with Crippen LogP contribution in [0.15, 0.2) is 88.4 Å². The van der Waals surface area contributed by atoms with Crippen LogP contribution < -0.4 is 0 Å². The second kappa shape index (κ2) is 9.13. The number of hydrazone groups is 1. The lowest BCUT2D eigenvalue weighted by Crippen LogP contribution is -2.32. The van der Waals surface area contributed by atoms with Gasteiger partial charge >= 0.3 is 0 Å². The summed E-state index contributed by atoms with van der Waals surface area (Å²) in [5.74, 6) is -0.222. The molecular formula is C24H20BrClN2O2. The van der Waals surface area contributed by atoms with Crippen LogP contribution in [0.2, 0.25) is 5.02 Å². The fraction of sp³-hybridized carbons (Fsp3) is 0.167. The first kappa shape index (κ1) is 20.8. The third-order valence-corrected chi connectivity index (χ3v) is 6.01. The summed E-state index contributed by atoms with van der Waals surface area (Å²) in [7, 11) is 1.54. The molecule has 0 spiro atoms. The number of benzene rings is 3. The van der Waals surface area contributed by atoms with Crippen molar-refractivity contribution in [2.75, 3.05) is 7.11 Å². The smallest absolute Gasteiger partial charge is 0.276 e. The first-order valence-corrected chi connectivity index (χ1v) is 10.7. The van der Waals surface area contributed by atoms with E-state index in [0.29, 0.717) is 11.4 Å². The summed E-state index contributed by atoms with van der Waals surface area (Å²) in [5.41, 5.74) is 3.46. The lowest BCUT2D eigenvalue weighted by molar-refractivity contribution is -0.144. The molecule has 0 radical (unpaired) electrons. The van der Waals surface area contributed by atoms with E-state index in [9.17, 15) is 4.79 Å². The number of halogens is 2. The first-order chi connectivity index (χ1) is 14.6. The van der Waals surface area contributed by atoms with Crippen molar-refractivity contribution < 1.29 is 9.53 Å². The van der Waals surface area contributed by atoms with Gasteiger partial charge in [-0.15, -0.1) is 0 Å². The lowest BCUT2D eigenvalue weighted by Gasteiger charge is -2.26. The molecular weight excluding hydrogens is 464 g/mol. The Morgan fingerprint density at radius 1 is 1.07 bits per heavy atom. The van der Waals surface area contributed by atoms with Crippen LogP contribution in [0.1, 0.15) is 35.3 Å². The molecule has 30 heavy (non-hydrogen) atoms. The van der Waals surface area contributed by atoms with Crippen molar-refractivity contribution in [1.29, 1.82) is 0 Å². The maximum atomic E-state index is 13.5. The zero-order chi connectivity index (χ0) is 21.1. The molecule has 0 aliphatic carbocycles. The molecule has 0 bridgehead atoms. The van der Waals surface area contributed by atoms with E-state index >= 15 is 0 Å². The van der Waals surface area contributed by atoms with Crippen molar-refractivity contribution in [3.8, 4) is 0 Å². The molecule has 1 aliphatic rings. The summed E-state index contributed by atoms with van der Waals surface area (Å²) < 4.78 is 6.57. The number of hydrogen-bond acceptors (Lipinski definition) is 3. The van der Waals surface area contributed by atoms with E-state index in [1.807, 2.05) is 78.9 Å². The number of rotatable bonds is 5. The van der Waals surface area contributed by atoms with Crippen molar-refractivity contribution in [3.05, 3.63) is 105 Å². The van der Waals surface area contributed by atoms with E-state index in [0.717, 1.165) is 26.9 Å². The molecule has 0 N–H and O–H groups in total. The fourth-order valence-electron chi connectivity index (χ4n) is 3.65. The summed E-state index contributed by atoms with van der Waals surface area (Å²) in [6.07, 6.45) is -0.174. The molecule has 0 unspecified atom stereocenters. The second-order valence-corrected chi connectivity index (χ2v) is 8.33. The van der Waals surface area contributed by atoms with Gasteiger partial charge < -0.3 is 4.74 Å². The summed E-state index contributed by atoms with van der Waals surface area (Å²) in [6, 6.07) is 24.6. The second-order valence-electron chi connectivity index (χ2n) is 7.00. The lowest BCUT2D eigenvalue weighted by atomic mass is 9.98. The highest BCUT2D eigenvalue weighted by Gasteiger charge is 2.37. The van der Waals surface area contributed by atoms with E-state index < -0.39 is 6.10 Å². The number of carbonyl (C=O) groups is 1. The van der Waals surface area contributed by atoms with Crippen LogP contribution in [0.5, 0.6) is 0 Å². The van der Waals surface area contributed by atoms with Crippen molar-refractivity contribution in [3.63, 3.8) is 0 Å². The highest BCUT2D eigenvalue weighted by Crippen LogP contribution is 2.38. The molecule has 6 heteroatoms. The SMILES string of the molecule is CO[C@H](C(=O)N1N=C(c2ccc(Br)cc2)C[C@@H]1c1ccccc1Cl)c1ccccc1. The molecule has 0 aromatic heterocycles. The highest BCUT2D eigenvalue weighted by atomic mass is 79.9. The number of amides is 1. The summed E-state index contributed by atoms with van der Waals surface area (Å²) >= 11 is 9.96. The van der Waals surface area contributed by atoms with Gasteiger partial charge in [-0.2, -0.15) is 5.10 Å². The molecule has 0 fully saturated rings. The van der Waals surface area contributed by atoms with Gasteiger partial charge in [-0.1, -0.05) is 88.2 Å². The molecule has 1 aliphatic heterocycles. The third-order valence-electron chi connectivity index (χ3n) is 5.14. The van der Waals surface area contributed by atoms with Gasteiger partial charge in [-0.25, -0.2) is 5.01 Å². The molecule has 3 aromatic carbocycles. The van der Waals surface area contributed by atoms with Crippen LogP contribution >= 0.6 is 27.5 Å². The van der Waals surface area contributed by atoms with Crippen LogP contribution in [0, 0.1) is 0 Å². The normalized spacial score (nSPS) is 17.0. The zero-order valence-electron chi connectivity index (χ0n) is 16.3. The van der Waals surface area contributed by atoms with E-state index in [2.05, 4.69) is 15.9 Å². The molecule has 0 saturated carbocycles. The van der Waals surface area contributed by atoms with Gasteiger partial charge in [0.15, 0.2) is 6.10 Å². The fourth-order valence-corrected chi connectivity index (χ4v) is 4.17. The van der Waals surface area contributed by atoms with Gasteiger partial charge in [0, 0.05) is 23.0 Å². The predicted octanol–water partition coefficient (Wildman–Crippen LogP) is 6.17. The van der Waals surface area contributed by atoms with Crippen LogP contribution in [0.25, 0.3) is 0 Å². The molecule has 4 rings (SSSR count). The Morgan fingerprint density at radius 3 is 2.40 bits per heavy atom. The van der Waals surface area contributed by atoms with Crippen molar-refractivity contribution in [2.24, 2.45) is 5.10 Å². The predicted molar refractivity (Wildman–Crippen MR) is 123 cm³/mol. The van der Waals surface area contributed by atoms with Crippen molar-refractivity contribution in [1.82, 2.24) is 5.01 Å². The van der Waals surface area contributed by atoms with Gasteiger partial charge in [0.05, 0.1) is 11.8 Å². The Kier molecular flexibility index (Phi) is 6.32. The molecule has 4 nitrogen and oxygen atoms in total. The minimum Gasteiger partial charge on any atom is -0.367 e. The standard InChI is InChI=1S/C24H20BrClN2O2/c1-30-23(17-7-3-2-4-8-17)24(29)28-22(19-9-5-6-10-20(19)26)15-21(27-28)16-11-13-18(25)14-12-16/h2-14,22-23H,15H2,1H3/t22-,23+/m1/s1. The van der Waals surface area contributed by atoms with Gasteiger partial charge in [-0.3, -0.25) is 4.79 Å². The zero-order valence-corrected chi connectivity index (χ0v) is 18.7. The molecule has 1 amide bonds. The van der Waals surface area contributed by atoms with Gasteiger partial charge in [0.1, 0.15) is 0 Å². The van der Waals surface area contributed by atoms with Gasteiger partial charge in [-0.05, 0) is 34.9 Å². The molecule has 0 saturated heterocycles. The highest BCUT2D eigenvalue weighted by molar-refractivity contribution is 9.10. The number of ether oxygens (including phenoxy) is 1. The minimum atomic E-state index is -0.746. The number of carbonyl (C=O) groups excluding carboxylic acids is 1. The molecule has 152 valence electrons. The van der Waals surface area contributed by atoms with Gasteiger partial charge in [0.25, 0.3) is 5.91 Å². The molecule has 2 atom stereocenters. The Hall–Kier alpha value is -2.47. The van der Waals surface area contributed by atoms with Crippen LogP contribution in [0.3, 0.4) is 0 Å². The third kappa shape index (κ3) is 4.19. The Balaban J connectivity index is 1.74. The van der Waals surface area contributed by atoms with Crippen LogP contribution in [0.4, 0.5) is 0 Å². The Labute approximate surface area is 189 Å². The first-order valence-electron chi connectivity index (χ1n) is 9.57. The maximum absolute atomic E-state index is 13.5. The van der Waals surface area contributed by atoms with E-state index in [-0.39, 0.29) is 11.9 Å². The van der Waals surface area contributed by atoms with Crippen LogP contribution in [-0.2, 0) is 9.53 Å². The molecule has 1 heterocycles. The molecule has 3 aromatic rings. The van der Waals surface area contributed by atoms with Crippen molar-refractivity contribution in [2.45, 2.75) is 18.6 Å². The monoisotopic (exact) mass is 482 g/mol. The number of nitrogens with zero attached hydrogens (tertiary/aromatic N) is 2. The Bertz CT molecular complexity index is 1070. The van der Waals surface area contributed by atoms with Crippen LogP contribution in [-0.4, -0.2) is 23.7 Å². The summed E-state index contributed by atoms with van der Waals surface area (Å²) in [5, 5.41) is 6.87. The topological polar surface area (TPSA) is 41.9 Å². The number of hydrogen-bond donors (Lipinski definition) is 0.